The highest BCUT2D eigenvalue weighted by atomic mass is 35.5. The summed E-state index contributed by atoms with van der Waals surface area (Å²) in [5.74, 6) is 0.747. The molecule has 0 spiro atoms. The van der Waals surface area contributed by atoms with Gasteiger partial charge in [-0.2, -0.15) is 0 Å². The molecule has 1 heterocycles. The Hall–Kier alpha value is -1.78. The van der Waals surface area contributed by atoms with E-state index in [0.717, 1.165) is 0 Å². The Kier molecular flexibility index (Phi) is 3.51. The molecule has 3 nitrogen and oxygen atoms in total. The summed E-state index contributed by atoms with van der Waals surface area (Å²) in [6.07, 6.45) is -0.691. The highest BCUT2D eigenvalue weighted by Crippen LogP contribution is 2.35. The van der Waals surface area contributed by atoms with Crippen LogP contribution in [0, 0.1) is 5.82 Å². The molecule has 1 aliphatic heterocycles. The van der Waals surface area contributed by atoms with Crippen molar-refractivity contribution in [1.29, 1.82) is 0 Å². The molecule has 0 aliphatic carbocycles. The Morgan fingerprint density at radius 2 is 2.00 bits per heavy atom. The van der Waals surface area contributed by atoms with Crippen molar-refractivity contribution in [2.24, 2.45) is 0 Å². The Labute approximate surface area is 120 Å². The van der Waals surface area contributed by atoms with Crippen LogP contribution in [0.3, 0.4) is 0 Å². The fraction of sp³-hybridized carbons (Fsp3) is 0.200. The smallest absolute Gasteiger partial charge is 0.231 e. The van der Waals surface area contributed by atoms with Crippen LogP contribution in [0.5, 0.6) is 11.5 Å². The van der Waals surface area contributed by atoms with E-state index in [2.05, 4.69) is 0 Å². The van der Waals surface area contributed by atoms with Gasteiger partial charge in [-0.3, -0.25) is 0 Å². The number of aliphatic hydroxyl groups is 1. The molecule has 1 N–H and O–H groups in total. The second-order valence-corrected chi connectivity index (χ2v) is 4.95. The molecule has 0 bridgehead atoms. The summed E-state index contributed by atoms with van der Waals surface area (Å²) in [5.41, 5.74) is 1.02. The Morgan fingerprint density at radius 3 is 2.85 bits per heavy atom. The molecule has 1 unspecified atom stereocenters. The number of ether oxygens (including phenoxy) is 2. The minimum absolute atomic E-state index is 0.0559. The summed E-state index contributed by atoms with van der Waals surface area (Å²) in [6.45, 7) is 0.178. The zero-order valence-corrected chi connectivity index (χ0v) is 11.2. The Morgan fingerprint density at radius 1 is 1.20 bits per heavy atom. The second kappa shape index (κ2) is 5.31. The average Bonchev–Trinajstić information content (AvgIpc) is 2.91. The third-order valence-corrected chi connectivity index (χ3v) is 3.52. The number of benzene rings is 2. The van der Waals surface area contributed by atoms with Crippen molar-refractivity contribution < 1.29 is 19.0 Å². The first kappa shape index (κ1) is 13.2. The number of hydrogen-bond acceptors (Lipinski definition) is 3. The predicted molar refractivity (Wildman–Crippen MR) is 72.6 cm³/mol. The van der Waals surface area contributed by atoms with E-state index in [-0.39, 0.29) is 18.2 Å². The van der Waals surface area contributed by atoms with Crippen molar-refractivity contribution >= 4 is 11.6 Å². The fourth-order valence-electron chi connectivity index (χ4n) is 2.15. The largest absolute Gasteiger partial charge is 0.454 e. The zero-order chi connectivity index (χ0) is 14.1. The van der Waals surface area contributed by atoms with Gasteiger partial charge in [0.2, 0.25) is 6.79 Å². The second-order valence-electron chi connectivity index (χ2n) is 4.55. The van der Waals surface area contributed by atoms with E-state index in [1.807, 2.05) is 0 Å². The van der Waals surface area contributed by atoms with Crippen LogP contribution in [0.15, 0.2) is 36.4 Å². The minimum atomic E-state index is -0.836. The van der Waals surface area contributed by atoms with Gasteiger partial charge in [0.05, 0.1) is 11.1 Å². The van der Waals surface area contributed by atoms with Gasteiger partial charge in [-0.15, -0.1) is 0 Å². The van der Waals surface area contributed by atoms with Crippen molar-refractivity contribution in [3.63, 3.8) is 0 Å². The van der Waals surface area contributed by atoms with Gasteiger partial charge < -0.3 is 14.6 Å². The standard InChI is InChI=1S/C15H12ClFO3/c16-11-3-1-2-10(15(11)17)6-12(18)9-4-5-13-14(7-9)20-8-19-13/h1-5,7,12,18H,6,8H2. The summed E-state index contributed by atoms with van der Waals surface area (Å²) < 4.78 is 24.3. The monoisotopic (exact) mass is 294 g/mol. The van der Waals surface area contributed by atoms with Gasteiger partial charge in [0.25, 0.3) is 0 Å². The average molecular weight is 295 g/mol. The van der Waals surface area contributed by atoms with Crippen molar-refractivity contribution in [2.45, 2.75) is 12.5 Å². The van der Waals surface area contributed by atoms with E-state index in [1.165, 1.54) is 6.07 Å². The Bertz CT molecular complexity index is 645. The molecule has 0 fully saturated rings. The summed E-state index contributed by atoms with van der Waals surface area (Å²) in [4.78, 5) is 0. The molecule has 1 aliphatic rings. The van der Waals surface area contributed by atoms with E-state index in [9.17, 15) is 9.50 Å². The van der Waals surface area contributed by atoms with Crippen LogP contribution >= 0.6 is 11.6 Å². The first-order valence-corrected chi connectivity index (χ1v) is 6.53. The number of aliphatic hydroxyl groups excluding tert-OH is 1. The van der Waals surface area contributed by atoms with Crippen LogP contribution in [-0.4, -0.2) is 11.9 Å². The molecular weight excluding hydrogens is 283 g/mol. The first-order valence-electron chi connectivity index (χ1n) is 6.15. The van der Waals surface area contributed by atoms with Gasteiger partial charge in [-0.25, -0.2) is 4.39 Å². The quantitative estimate of drug-likeness (QED) is 0.942. The van der Waals surface area contributed by atoms with Crippen LogP contribution in [-0.2, 0) is 6.42 Å². The molecule has 0 amide bonds. The van der Waals surface area contributed by atoms with Crippen LogP contribution in [0.25, 0.3) is 0 Å². The SMILES string of the molecule is OC(Cc1cccc(Cl)c1F)c1ccc2c(c1)OCO2. The van der Waals surface area contributed by atoms with Gasteiger partial charge in [-0.1, -0.05) is 29.8 Å². The first-order chi connectivity index (χ1) is 9.65. The summed E-state index contributed by atoms with van der Waals surface area (Å²) >= 11 is 5.73. The molecule has 3 rings (SSSR count). The summed E-state index contributed by atoms with van der Waals surface area (Å²) in [6, 6.07) is 9.92. The van der Waals surface area contributed by atoms with Crippen molar-refractivity contribution in [3.8, 4) is 11.5 Å². The van der Waals surface area contributed by atoms with Crippen molar-refractivity contribution in [1.82, 2.24) is 0 Å². The lowest BCUT2D eigenvalue weighted by Crippen LogP contribution is -2.04. The number of hydrogen-bond donors (Lipinski definition) is 1. The van der Waals surface area contributed by atoms with Crippen molar-refractivity contribution in [2.75, 3.05) is 6.79 Å². The van der Waals surface area contributed by atoms with Gasteiger partial charge in [0.15, 0.2) is 11.5 Å². The van der Waals surface area contributed by atoms with Gasteiger partial charge >= 0.3 is 0 Å². The maximum absolute atomic E-state index is 13.8. The van der Waals surface area contributed by atoms with Gasteiger partial charge in [0.1, 0.15) is 5.82 Å². The third-order valence-electron chi connectivity index (χ3n) is 3.23. The Balaban J connectivity index is 1.82. The predicted octanol–water partition coefficient (Wildman–Crippen LogP) is 3.48. The lowest BCUT2D eigenvalue weighted by atomic mass is 10.0. The van der Waals surface area contributed by atoms with E-state index in [0.29, 0.717) is 22.6 Å². The molecule has 1 atom stereocenters. The normalized spacial score (nSPS) is 14.3. The molecule has 0 saturated heterocycles. The highest BCUT2D eigenvalue weighted by Gasteiger charge is 2.18. The molecule has 5 heteroatoms. The van der Waals surface area contributed by atoms with Crippen LogP contribution in [0.1, 0.15) is 17.2 Å². The molecule has 0 radical (unpaired) electrons. The van der Waals surface area contributed by atoms with Crippen LogP contribution in [0.4, 0.5) is 4.39 Å². The van der Waals surface area contributed by atoms with E-state index >= 15 is 0 Å². The van der Waals surface area contributed by atoms with E-state index in [1.54, 1.807) is 30.3 Å². The highest BCUT2D eigenvalue weighted by molar-refractivity contribution is 6.30. The molecule has 20 heavy (non-hydrogen) atoms. The molecular formula is C15H12ClFO3. The van der Waals surface area contributed by atoms with Crippen LogP contribution in [0.2, 0.25) is 5.02 Å². The summed E-state index contributed by atoms with van der Waals surface area (Å²) in [5, 5.41) is 10.3. The molecule has 104 valence electrons. The number of fused-ring (bicyclic) bond motifs is 1. The van der Waals surface area contributed by atoms with Gasteiger partial charge in [-0.05, 0) is 29.3 Å². The molecule has 0 aromatic heterocycles. The molecule has 0 saturated carbocycles. The van der Waals surface area contributed by atoms with Crippen molar-refractivity contribution in [3.05, 3.63) is 58.4 Å². The minimum Gasteiger partial charge on any atom is -0.454 e. The number of halogens is 2. The summed E-state index contributed by atoms with van der Waals surface area (Å²) in [7, 11) is 0. The maximum Gasteiger partial charge on any atom is 0.231 e. The lowest BCUT2D eigenvalue weighted by molar-refractivity contribution is 0.171. The maximum atomic E-state index is 13.8. The topological polar surface area (TPSA) is 38.7 Å². The number of rotatable bonds is 3. The third kappa shape index (κ3) is 2.44. The lowest BCUT2D eigenvalue weighted by Gasteiger charge is -2.12. The van der Waals surface area contributed by atoms with E-state index in [4.69, 9.17) is 21.1 Å². The van der Waals surface area contributed by atoms with Crippen LogP contribution < -0.4 is 9.47 Å². The fourth-order valence-corrected chi connectivity index (χ4v) is 2.35. The van der Waals surface area contributed by atoms with E-state index < -0.39 is 11.9 Å². The molecule has 2 aromatic rings. The molecule has 2 aromatic carbocycles. The van der Waals surface area contributed by atoms with Gasteiger partial charge in [0, 0.05) is 6.42 Å². The zero-order valence-electron chi connectivity index (χ0n) is 10.5.